The van der Waals surface area contributed by atoms with E-state index in [-0.39, 0.29) is 6.61 Å². The molecular weight excluding hydrogens is 214 g/mol. The van der Waals surface area contributed by atoms with E-state index in [1.165, 1.54) is 0 Å². The van der Waals surface area contributed by atoms with Crippen molar-refractivity contribution in [3.63, 3.8) is 0 Å². The van der Waals surface area contributed by atoms with E-state index < -0.39 is 0 Å². The van der Waals surface area contributed by atoms with Gasteiger partial charge in [0.05, 0.1) is 24.4 Å². The third-order valence-electron chi connectivity index (χ3n) is 2.21. The van der Waals surface area contributed by atoms with Crippen LogP contribution in [0.5, 0.6) is 5.75 Å². The van der Waals surface area contributed by atoms with Crippen LogP contribution in [0.1, 0.15) is 5.69 Å². The van der Waals surface area contributed by atoms with Crippen molar-refractivity contribution in [2.75, 3.05) is 7.11 Å². The van der Waals surface area contributed by atoms with Crippen molar-refractivity contribution >= 4 is 22.5 Å². The highest BCUT2D eigenvalue weighted by Gasteiger charge is 2.07. The Bertz CT molecular complexity index is 499. The van der Waals surface area contributed by atoms with Gasteiger partial charge in [-0.1, -0.05) is 11.6 Å². The van der Waals surface area contributed by atoms with Crippen molar-refractivity contribution in [1.29, 1.82) is 0 Å². The molecule has 2 aromatic rings. The topological polar surface area (TPSA) is 42.4 Å². The highest BCUT2D eigenvalue weighted by molar-refractivity contribution is 6.35. The Balaban J connectivity index is 2.77. The molecule has 3 nitrogen and oxygen atoms in total. The number of hydrogen-bond donors (Lipinski definition) is 1. The van der Waals surface area contributed by atoms with Crippen molar-refractivity contribution in [3.05, 3.63) is 35.0 Å². The first-order valence-electron chi connectivity index (χ1n) is 4.49. The number of halogens is 1. The molecule has 4 heteroatoms. The van der Waals surface area contributed by atoms with E-state index in [9.17, 15) is 0 Å². The molecule has 0 aliphatic rings. The summed E-state index contributed by atoms with van der Waals surface area (Å²) in [4.78, 5) is 4.27. The summed E-state index contributed by atoms with van der Waals surface area (Å²) in [5.74, 6) is 0.657. The number of fused-ring (bicyclic) bond motifs is 1. The zero-order valence-corrected chi connectivity index (χ0v) is 8.95. The van der Waals surface area contributed by atoms with Crippen molar-refractivity contribution < 1.29 is 9.84 Å². The fourth-order valence-corrected chi connectivity index (χ4v) is 1.67. The predicted molar refractivity (Wildman–Crippen MR) is 59.2 cm³/mol. The normalized spacial score (nSPS) is 10.6. The smallest absolute Gasteiger partial charge is 0.145 e. The van der Waals surface area contributed by atoms with Crippen LogP contribution in [0.15, 0.2) is 24.3 Å². The maximum absolute atomic E-state index is 8.99. The SMILES string of the molecule is COc1ccc(Cl)c2ccc(CO)nc12. The zero-order chi connectivity index (χ0) is 10.8. The summed E-state index contributed by atoms with van der Waals surface area (Å²) in [6.07, 6.45) is 0. The predicted octanol–water partition coefficient (Wildman–Crippen LogP) is 2.39. The van der Waals surface area contributed by atoms with Crippen molar-refractivity contribution in [1.82, 2.24) is 4.98 Å². The van der Waals surface area contributed by atoms with Gasteiger partial charge in [-0.25, -0.2) is 4.98 Å². The third-order valence-corrected chi connectivity index (χ3v) is 2.54. The number of benzene rings is 1. The minimum absolute atomic E-state index is 0.0917. The number of aliphatic hydroxyl groups is 1. The quantitative estimate of drug-likeness (QED) is 0.850. The van der Waals surface area contributed by atoms with Crippen LogP contribution >= 0.6 is 11.6 Å². The summed E-state index contributed by atoms with van der Waals surface area (Å²) in [6.45, 7) is -0.0917. The minimum atomic E-state index is -0.0917. The van der Waals surface area contributed by atoms with Gasteiger partial charge in [0.25, 0.3) is 0 Å². The summed E-state index contributed by atoms with van der Waals surface area (Å²) in [5, 5.41) is 10.4. The van der Waals surface area contributed by atoms with Gasteiger partial charge < -0.3 is 9.84 Å². The lowest BCUT2D eigenvalue weighted by molar-refractivity contribution is 0.277. The molecule has 0 amide bonds. The van der Waals surface area contributed by atoms with Crippen LogP contribution in [-0.4, -0.2) is 17.2 Å². The lowest BCUT2D eigenvalue weighted by Gasteiger charge is -2.07. The van der Waals surface area contributed by atoms with E-state index in [0.717, 1.165) is 5.39 Å². The van der Waals surface area contributed by atoms with Gasteiger partial charge in [-0.05, 0) is 24.3 Å². The Morgan fingerprint density at radius 1 is 1.33 bits per heavy atom. The second kappa shape index (κ2) is 4.04. The third kappa shape index (κ3) is 1.76. The van der Waals surface area contributed by atoms with Gasteiger partial charge in [-0.15, -0.1) is 0 Å². The highest BCUT2D eigenvalue weighted by atomic mass is 35.5. The zero-order valence-electron chi connectivity index (χ0n) is 8.20. The molecule has 1 aromatic heterocycles. The molecule has 1 heterocycles. The monoisotopic (exact) mass is 223 g/mol. The van der Waals surface area contributed by atoms with Gasteiger partial charge in [-0.3, -0.25) is 0 Å². The molecule has 0 saturated heterocycles. The first-order chi connectivity index (χ1) is 7.26. The van der Waals surface area contributed by atoms with Crippen molar-refractivity contribution in [2.24, 2.45) is 0 Å². The van der Waals surface area contributed by atoms with E-state index in [0.29, 0.717) is 22.0 Å². The molecule has 1 aromatic carbocycles. The Hall–Kier alpha value is -1.32. The Kier molecular flexibility index (Phi) is 2.75. The number of hydrogen-bond acceptors (Lipinski definition) is 3. The minimum Gasteiger partial charge on any atom is -0.494 e. The summed E-state index contributed by atoms with van der Waals surface area (Å²) < 4.78 is 5.18. The number of methoxy groups -OCH3 is 1. The van der Waals surface area contributed by atoms with E-state index in [1.54, 1.807) is 25.3 Å². The molecular formula is C11H10ClNO2. The van der Waals surface area contributed by atoms with Crippen LogP contribution in [-0.2, 0) is 6.61 Å². The number of aromatic nitrogens is 1. The number of ether oxygens (including phenoxy) is 1. The van der Waals surface area contributed by atoms with Crippen LogP contribution in [0.3, 0.4) is 0 Å². The van der Waals surface area contributed by atoms with Gasteiger partial charge in [0.2, 0.25) is 0 Å². The summed E-state index contributed by atoms with van der Waals surface area (Å²) in [7, 11) is 1.58. The van der Waals surface area contributed by atoms with Crippen LogP contribution in [0, 0.1) is 0 Å². The molecule has 0 unspecified atom stereocenters. The van der Waals surface area contributed by atoms with Gasteiger partial charge in [-0.2, -0.15) is 0 Å². The molecule has 0 atom stereocenters. The lowest BCUT2D eigenvalue weighted by atomic mass is 10.2. The Morgan fingerprint density at radius 3 is 2.80 bits per heavy atom. The van der Waals surface area contributed by atoms with Crippen molar-refractivity contribution in [2.45, 2.75) is 6.61 Å². The van der Waals surface area contributed by atoms with Gasteiger partial charge in [0, 0.05) is 5.39 Å². The first kappa shape index (κ1) is 10.2. The summed E-state index contributed by atoms with van der Waals surface area (Å²) in [5.41, 5.74) is 1.28. The number of rotatable bonds is 2. The van der Waals surface area contributed by atoms with Crippen LogP contribution in [0.4, 0.5) is 0 Å². The summed E-state index contributed by atoms with van der Waals surface area (Å²) >= 11 is 6.02. The molecule has 15 heavy (non-hydrogen) atoms. The summed E-state index contributed by atoms with van der Waals surface area (Å²) in [6, 6.07) is 7.11. The van der Waals surface area contributed by atoms with Crippen LogP contribution in [0.2, 0.25) is 5.02 Å². The number of pyridine rings is 1. The van der Waals surface area contributed by atoms with Gasteiger partial charge in [0.15, 0.2) is 0 Å². The Labute approximate surface area is 92.3 Å². The second-order valence-corrected chi connectivity index (χ2v) is 3.51. The lowest BCUT2D eigenvalue weighted by Crippen LogP contribution is -1.93. The molecule has 78 valence electrons. The molecule has 0 aliphatic heterocycles. The molecule has 2 rings (SSSR count). The standard InChI is InChI=1S/C11H10ClNO2/c1-15-10-5-4-9(12)8-3-2-7(6-14)13-11(8)10/h2-5,14H,6H2,1H3. The second-order valence-electron chi connectivity index (χ2n) is 3.11. The highest BCUT2D eigenvalue weighted by Crippen LogP contribution is 2.29. The first-order valence-corrected chi connectivity index (χ1v) is 4.87. The largest absolute Gasteiger partial charge is 0.494 e. The van der Waals surface area contributed by atoms with Crippen LogP contribution < -0.4 is 4.74 Å². The van der Waals surface area contributed by atoms with E-state index in [2.05, 4.69) is 4.98 Å². The fraction of sp³-hybridized carbons (Fsp3) is 0.182. The average molecular weight is 224 g/mol. The maximum atomic E-state index is 8.99. The number of aliphatic hydroxyl groups excluding tert-OH is 1. The van der Waals surface area contributed by atoms with E-state index >= 15 is 0 Å². The number of nitrogens with zero attached hydrogens (tertiary/aromatic N) is 1. The van der Waals surface area contributed by atoms with E-state index in [1.807, 2.05) is 6.07 Å². The van der Waals surface area contributed by atoms with Gasteiger partial charge in [0.1, 0.15) is 11.3 Å². The molecule has 1 N–H and O–H groups in total. The molecule has 0 bridgehead atoms. The maximum Gasteiger partial charge on any atom is 0.145 e. The Morgan fingerprint density at radius 2 is 2.13 bits per heavy atom. The fourth-order valence-electron chi connectivity index (χ4n) is 1.45. The molecule has 0 saturated carbocycles. The molecule has 0 fully saturated rings. The average Bonchev–Trinajstić information content (AvgIpc) is 2.29. The van der Waals surface area contributed by atoms with Crippen molar-refractivity contribution in [3.8, 4) is 5.75 Å². The van der Waals surface area contributed by atoms with Gasteiger partial charge >= 0.3 is 0 Å². The molecule has 0 spiro atoms. The van der Waals surface area contributed by atoms with E-state index in [4.69, 9.17) is 21.4 Å². The van der Waals surface area contributed by atoms with Crippen LogP contribution in [0.25, 0.3) is 10.9 Å². The molecule has 0 aliphatic carbocycles. The molecule has 0 radical (unpaired) electrons.